The van der Waals surface area contributed by atoms with Crippen LogP contribution in [-0.4, -0.2) is 20.9 Å². The molecule has 2 aromatic carbocycles. The topological polar surface area (TPSA) is 99.5 Å². The number of H-pyrrole nitrogens is 1. The van der Waals surface area contributed by atoms with E-state index in [1.54, 1.807) is 0 Å². The van der Waals surface area contributed by atoms with Gasteiger partial charge in [-0.15, -0.1) is 0 Å². The van der Waals surface area contributed by atoms with Crippen LogP contribution >= 0.6 is 0 Å². The van der Waals surface area contributed by atoms with E-state index in [0.29, 0.717) is 5.69 Å². The predicted octanol–water partition coefficient (Wildman–Crippen LogP) is 2.91. The molecule has 0 bridgehead atoms. The van der Waals surface area contributed by atoms with Gasteiger partial charge in [-0.3, -0.25) is 15.2 Å². The smallest absolute Gasteiger partial charge is 0.335 e. The number of hydrogen-bond acceptors (Lipinski definition) is 5. The van der Waals surface area contributed by atoms with Gasteiger partial charge < -0.3 is 5.11 Å². The van der Waals surface area contributed by atoms with Crippen molar-refractivity contribution in [2.45, 2.75) is 27.7 Å². The van der Waals surface area contributed by atoms with Crippen LogP contribution in [0, 0.1) is 27.7 Å². The van der Waals surface area contributed by atoms with Gasteiger partial charge in [-0.2, -0.15) is 5.10 Å². The van der Waals surface area contributed by atoms with Crippen molar-refractivity contribution in [1.82, 2.24) is 9.55 Å². The molecular formula is C21H22N4O3. The summed E-state index contributed by atoms with van der Waals surface area (Å²) in [6, 6.07) is 11.3. The number of hydrogen-bond donors (Lipinski definition) is 3. The van der Waals surface area contributed by atoms with Gasteiger partial charge in [0.15, 0.2) is 0 Å². The summed E-state index contributed by atoms with van der Waals surface area (Å²) in [4.78, 5) is 26.9. The number of benzene rings is 2. The second-order valence-corrected chi connectivity index (χ2v) is 6.76. The van der Waals surface area contributed by atoms with Crippen LogP contribution in [0.2, 0.25) is 0 Å². The quantitative estimate of drug-likeness (QED) is 0.480. The van der Waals surface area contributed by atoms with Crippen LogP contribution in [-0.2, 0) is 0 Å². The first-order valence-electron chi connectivity index (χ1n) is 8.81. The van der Waals surface area contributed by atoms with Crippen LogP contribution in [0.25, 0.3) is 5.69 Å². The molecule has 0 unspecified atom stereocenters. The van der Waals surface area contributed by atoms with E-state index in [9.17, 15) is 14.7 Å². The molecule has 0 aliphatic carbocycles. The highest BCUT2D eigenvalue weighted by Crippen LogP contribution is 2.24. The minimum absolute atomic E-state index is 0.111. The lowest BCUT2D eigenvalue weighted by Gasteiger charge is -2.15. The monoisotopic (exact) mass is 378 g/mol. The van der Waals surface area contributed by atoms with E-state index in [2.05, 4.69) is 15.5 Å². The van der Waals surface area contributed by atoms with Gasteiger partial charge >= 0.3 is 5.69 Å². The second kappa shape index (κ2) is 7.56. The van der Waals surface area contributed by atoms with E-state index in [1.165, 1.54) is 6.21 Å². The molecule has 0 aliphatic heterocycles. The number of aromatic amines is 1. The number of hydrazone groups is 1. The molecule has 0 saturated carbocycles. The molecule has 7 heteroatoms. The first-order chi connectivity index (χ1) is 13.3. The third-order valence-corrected chi connectivity index (χ3v) is 4.50. The standard InChI is InChI=1S/C21H22N4O3/c1-12-9-14(3)18(15(4)10-12)25-20(27)16(19(26)23-21(25)28)11-22-24-17-8-6-5-7-13(17)2/h5-11,24,27H,1-4H3,(H,23,26,28). The highest BCUT2D eigenvalue weighted by atomic mass is 16.3. The molecule has 144 valence electrons. The van der Waals surface area contributed by atoms with Gasteiger partial charge in [-0.1, -0.05) is 35.9 Å². The summed E-state index contributed by atoms with van der Waals surface area (Å²) in [7, 11) is 0. The van der Waals surface area contributed by atoms with Gasteiger partial charge in [0.1, 0.15) is 5.56 Å². The summed E-state index contributed by atoms with van der Waals surface area (Å²) in [5.41, 5.74) is 6.25. The number of nitrogens with one attached hydrogen (secondary N) is 2. The maximum absolute atomic E-state index is 12.4. The van der Waals surface area contributed by atoms with Crippen LogP contribution in [0.15, 0.2) is 51.1 Å². The maximum atomic E-state index is 12.4. The SMILES string of the molecule is Cc1cc(C)c(-n2c(O)c(C=NNc3ccccc3C)c(=O)[nH]c2=O)c(C)c1. The van der Waals surface area contributed by atoms with Crippen molar-refractivity contribution in [2.24, 2.45) is 5.10 Å². The maximum Gasteiger partial charge on any atom is 0.335 e. The number of aryl methyl sites for hydroxylation is 4. The number of aromatic nitrogens is 2. The van der Waals surface area contributed by atoms with E-state index >= 15 is 0 Å². The van der Waals surface area contributed by atoms with E-state index in [-0.39, 0.29) is 5.56 Å². The van der Waals surface area contributed by atoms with E-state index < -0.39 is 17.1 Å². The van der Waals surface area contributed by atoms with Gasteiger partial charge in [-0.05, 0) is 50.5 Å². The average molecular weight is 378 g/mol. The third kappa shape index (κ3) is 3.59. The van der Waals surface area contributed by atoms with Crippen LogP contribution in [0.5, 0.6) is 5.88 Å². The lowest BCUT2D eigenvalue weighted by Crippen LogP contribution is -2.32. The molecule has 28 heavy (non-hydrogen) atoms. The Balaban J connectivity index is 2.09. The van der Waals surface area contributed by atoms with Crippen LogP contribution < -0.4 is 16.7 Å². The number of nitrogens with zero attached hydrogens (tertiary/aromatic N) is 2. The lowest BCUT2D eigenvalue weighted by atomic mass is 10.0. The molecule has 0 saturated heterocycles. The van der Waals surface area contributed by atoms with Crippen molar-refractivity contribution in [3.63, 3.8) is 0 Å². The van der Waals surface area contributed by atoms with Crippen molar-refractivity contribution < 1.29 is 5.11 Å². The minimum atomic E-state index is -0.712. The largest absolute Gasteiger partial charge is 0.493 e. The molecule has 0 aliphatic rings. The first kappa shape index (κ1) is 19.2. The summed E-state index contributed by atoms with van der Waals surface area (Å²) in [6.45, 7) is 7.57. The highest BCUT2D eigenvalue weighted by Gasteiger charge is 2.17. The molecule has 0 radical (unpaired) electrons. The zero-order valence-corrected chi connectivity index (χ0v) is 16.2. The van der Waals surface area contributed by atoms with Crippen LogP contribution in [0.4, 0.5) is 5.69 Å². The Morgan fingerprint density at radius 1 is 1.04 bits per heavy atom. The summed E-state index contributed by atoms with van der Waals surface area (Å²) in [5, 5.41) is 14.7. The molecule has 1 heterocycles. The van der Waals surface area contributed by atoms with Crippen molar-refractivity contribution in [3.05, 3.63) is 85.1 Å². The predicted molar refractivity (Wildman–Crippen MR) is 111 cm³/mol. The Morgan fingerprint density at radius 3 is 2.32 bits per heavy atom. The fourth-order valence-electron chi connectivity index (χ4n) is 3.25. The summed E-state index contributed by atoms with van der Waals surface area (Å²) < 4.78 is 1.10. The Hall–Kier alpha value is -3.61. The fraction of sp³-hybridized carbons (Fsp3) is 0.190. The van der Waals surface area contributed by atoms with E-state index in [4.69, 9.17) is 0 Å². The first-order valence-corrected chi connectivity index (χ1v) is 8.81. The molecule has 3 N–H and O–H groups in total. The normalized spacial score (nSPS) is 11.1. The summed E-state index contributed by atoms with van der Waals surface area (Å²) >= 11 is 0. The van der Waals surface area contributed by atoms with Gasteiger partial charge in [0.25, 0.3) is 5.56 Å². The zero-order chi connectivity index (χ0) is 20.4. The summed E-state index contributed by atoms with van der Waals surface area (Å²) in [6.07, 6.45) is 1.20. The molecule has 0 amide bonds. The van der Waals surface area contributed by atoms with E-state index in [0.717, 1.165) is 32.5 Å². The lowest BCUT2D eigenvalue weighted by molar-refractivity contribution is 0.429. The highest BCUT2D eigenvalue weighted by molar-refractivity contribution is 5.83. The molecular weight excluding hydrogens is 356 g/mol. The number of rotatable bonds is 4. The van der Waals surface area contributed by atoms with Gasteiger partial charge in [0.2, 0.25) is 5.88 Å². The van der Waals surface area contributed by atoms with Crippen molar-refractivity contribution >= 4 is 11.9 Å². The fourth-order valence-corrected chi connectivity index (χ4v) is 3.25. The van der Waals surface area contributed by atoms with Gasteiger partial charge in [0.05, 0.1) is 17.6 Å². The molecule has 0 fully saturated rings. The van der Waals surface area contributed by atoms with Gasteiger partial charge in [-0.25, -0.2) is 9.36 Å². The van der Waals surface area contributed by atoms with Crippen molar-refractivity contribution in [2.75, 3.05) is 5.43 Å². The van der Waals surface area contributed by atoms with Crippen molar-refractivity contribution in [3.8, 4) is 11.6 Å². The van der Waals surface area contributed by atoms with E-state index in [1.807, 2.05) is 64.1 Å². The molecule has 3 aromatic rings. The second-order valence-electron chi connectivity index (χ2n) is 6.76. The number of aromatic hydroxyl groups is 1. The van der Waals surface area contributed by atoms with Crippen LogP contribution in [0.3, 0.4) is 0 Å². The molecule has 0 spiro atoms. The Kier molecular flexibility index (Phi) is 5.17. The summed E-state index contributed by atoms with van der Waals surface area (Å²) in [5.74, 6) is -0.459. The Labute approximate surface area is 162 Å². The molecule has 7 nitrogen and oxygen atoms in total. The third-order valence-electron chi connectivity index (χ3n) is 4.50. The van der Waals surface area contributed by atoms with Crippen molar-refractivity contribution in [1.29, 1.82) is 0 Å². The number of para-hydroxylation sites is 1. The molecule has 0 atom stereocenters. The number of anilines is 1. The van der Waals surface area contributed by atoms with Crippen LogP contribution in [0.1, 0.15) is 27.8 Å². The zero-order valence-electron chi connectivity index (χ0n) is 16.2. The Morgan fingerprint density at radius 2 is 1.68 bits per heavy atom. The Bertz CT molecular complexity index is 1170. The molecule has 3 rings (SSSR count). The average Bonchev–Trinajstić information content (AvgIpc) is 2.61. The molecule has 1 aromatic heterocycles. The minimum Gasteiger partial charge on any atom is -0.493 e. The van der Waals surface area contributed by atoms with Gasteiger partial charge in [0, 0.05) is 0 Å².